The van der Waals surface area contributed by atoms with Gasteiger partial charge in [-0.2, -0.15) is 0 Å². The van der Waals surface area contributed by atoms with Crippen LogP contribution < -0.4 is 5.32 Å². The monoisotopic (exact) mass is 378 g/mol. The normalized spacial score (nSPS) is 14.7. The van der Waals surface area contributed by atoms with Crippen LogP contribution in [-0.4, -0.2) is 36.3 Å². The zero-order chi connectivity index (χ0) is 19.8. The van der Waals surface area contributed by atoms with E-state index in [0.29, 0.717) is 18.9 Å². The summed E-state index contributed by atoms with van der Waals surface area (Å²) in [5, 5.41) is 3.02. The number of hydrogen-bond acceptors (Lipinski definition) is 2. The molecular weight excluding hydrogens is 348 g/mol. The van der Waals surface area contributed by atoms with E-state index < -0.39 is 0 Å². The van der Waals surface area contributed by atoms with E-state index in [9.17, 15) is 9.59 Å². The minimum absolute atomic E-state index is 0.122. The molecule has 1 saturated heterocycles. The van der Waals surface area contributed by atoms with Crippen LogP contribution in [0.15, 0.2) is 54.6 Å². The molecule has 0 spiro atoms. The molecule has 2 amide bonds. The Balaban J connectivity index is 1.33. The van der Waals surface area contributed by atoms with Crippen LogP contribution in [0, 0.1) is 12.8 Å². The van der Waals surface area contributed by atoms with Crippen LogP contribution in [0.3, 0.4) is 0 Å². The highest BCUT2D eigenvalue weighted by Crippen LogP contribution is 2.23. The molecule has 2 aromatic carbocycles. The largest absolute Gasteiger partial charge is 0.356 e. The maximum Gasteiger partial charge on any atom is 0.253 e. The highest BCUT2D eigenvalue weighted by atomic mass is 16.2. The molecule has 1 N–H and O–H groups in total. The molecule has 28 heavy (non-hydrogen) atoms. The molecule has 4 nitrogen and oxygen atoms in total. The number of carbonyl (C=O) groups is 2. The Morgan fingerprint density at radius 1 is 1.00 bits per heavy atom. The lowest BCUT2D eigenvalue weighted by Crippen LogP contribution is -2.38. The highest BCUT2D eigenvalue weighted by molar-refractivity contribution is 5.94. The summed E-state index contributed by atoms with van der Waals surface area (Å²) >= 11 is 0. The fraction of sp³-hybridized carbons (Fsp3) is 0.417. The van der Waals surface area contributed by atoms with Gasteiger partial charge in [0.25, 0.3) is 5.91 Å². The van der Waals surface area contributed by atoms with E-state index in [0.717, 1.165) is 49.9 Å². The van der Waals surface area contributed by atoms with Crippen molar-refractivity contribution in [3.8, 4) is 0 Å². The van der Waals surface area contributed by atoms with Gasteiger partial charge in [0.1, 0.15) is 0 Å². The smallest absolute Gasteiger partial charge is 0.253 e. The predicted molar refractivity (Wildman–Crippen MR) is 112 cm³/mol. The van der Waals surface area contributed by atoms with Crippen molar-refractivity contribution in [2.75, 3.05) is 19.6 Å². The van der Waals surface area contributed by atoms with Crippen molar-refractivity contribution in [1.82, 2.24) is 10.2 Å². The molecule has 0 saturated carbocycles. The number of aryl methyl sites for hydroxylation is 1. The summed E-state index contributed by atoms with van der Waals surface area (Å²) in [4.78, 5) is 26.6. The second kappa shape index (κ2) is 10.1. The Morgan fingerprint density at radius 2 is 1.68 bits per heavy atom. The van der Waals surface area contributed by atoms with E-state index in [1.54, 1.807) is 0 Å². The first-order valence-corrected chi connectivity index (χ1v) is 10.3. The van der Waals surface area contributed by atoms with Crippen LogP contribution >= 0.6 is 0 Å². The average molecular weight is 379 g/mol. The topological polar surface area (TPSA) is 49.4 Å². The van der Waals surface area contributed by atoms with Gasteiger partial charge in [-0.3, -0.25) is 9.59 Å². The molecular formula is C24H30N2O2. The zero-order valence-electron chi connectivity index (χ0n) is 16.7. The van der Waals surface area contributed by atoms with Gasteiger partial charge < -0.3 is 10.2 Å². The van der Waals surface area contributed by atoms with Gasteiger partial charge in [0.2, 0.25) is 5.91 Å². The summed E-state index contributed by atoms with van der Waals surface area (Å²) in [5.41, 5.74) is 3.17. The van der Waals surface area contributed by atoms with Crippen molar-refractivity contribution < 1.29 is 9.59 Å². The van der Waals surface area contributed by atoms with E-state index >= 15 is 0 Å². The summed E-state index contributed by atoms with van der Waals surface area (Å²) in [5.74, 6) is 0.785. The minimum atomic E-state index is 0.122. The van der Waals surface area contributed by atoms with Gasteiger partial charge in [0, 0.05) is 31.6 Å². The van der Waals surface area contributed by atoms with Crippen LogP contribution in [0.4, 0.5) is 0 Å². The molecule has 4 heteroatoms. The summed E-state index contributed by atoms with van der Waals surface area (Å²) in [7, 11) is 0. The highest BCUT2D eigenvalue weighted by Gasteiger charge is 2.23. The quantitative estimate of drug-likeness (QED) is 0.792. The van der Waals surface area contributed by atoms with Gasteiger partial charge in [-0.25, -0.2) is 0 Å². The molecule has 1 heterocycles. The lowest BCUT2D eigenvalue weighted by molar-refractivity contribution is -0.121. The number of likely N-dealkylation sites (tertiary alicyclic amines) is 1. The lowest BCUT2D eigenvalue weighted by Gasteiger charge is -2.32. The van der Waals surface area contributed by atoms with Crippen molar-refractivity contribution in [2.45, 2.75) is 39.0 Å². The number of nitrogens with one attached hydrogen (secondary N) is 1. The van der Waals surface area contributed by atoms with Gasteiger partial charge in [0.15, 0.2) is 0 Å². The number of amides is 2. The number of carbonyl (C=O) groups excluding carboxylic acids is 2. The van der Waals surface area contributed by atoms with E-state index in [1.807, 2.05) is 54.3 Å². The summed E-state index contributed by atoms with van der Waals surface area (Å²) in [6, 6.07) is 18.0. The first kappa shape index (κ1) is 20.1. The van der Waals surface area contributed by atoms with E-state index in [4.69, 9.17) is 0 Å². The number of nitrogens with zero attached hydrogens (tertiary/aromatic N) is 1. The average Bonchev–Trinajstić information content (AvgIpc) is 2.73. The molecule has 148 valence electrons. The molecule has 2 aromatic rings. The molecule has 0 aromatic heterocycles. The third-order valence-corrected chi connectivity index (χ3v) is 5.56. The summed E-state index contributed by atoms with van der Waals surface area (Å²) in [6.07, 6.45) is 4.31. The Labute approximate surface area is 167 Å². The third kappa shape index (κ3) is 5.95. The van der Waals surface area contributed by atoms with Gasteiger partial charge >= 0.3 is 0 Å². The number of rotatable bonds is 7. The molecule has 0 bridgehead atoms. The van der Waals surface area contributed by atoms with Crippen molar-refractivity contribution in [3.05, 3.63) is 71.3 Å². The number of hydrogen-bond donors (Lipinski definition) is 1. The Bertz CT molecular complexity index is 763. The first-order valence-electron chi connectivity index (χ1n) is 10.3. The molecule has 3 rings (SSSR count). The molecule has 0 aliphatic carbocycles. The Kier molecular flexibility index (Phi) is 7.24. The van der Waals surface area contributed by atoms with Crippen molar-refractivity contribution >= 4 is 11.8 Å². The predicted octanol–water partition coefficient (Wildman–Crippen LogP) is 3.99. The van der Waals surface area contributed by atoms with Crippen LogP contribution in [0.1, 0.15) is 47.2 Å². The second-order valence-electron chi connectivity index (χ2n) is 7.73. The van der Waals surface area contributed by atoms with Crippen LogP contribution in [0.25, 0.3) is 0 Å². The Morgan fingerprint density at radius 3 is 2.36 bits per heavy atom. The first-order chi connectivity index (χ1) is 13.6. The van der Waals surface area contributed by atoms with E-state index in [-0.39, 0.29) is 11.8 Å². The lowest BCUT2D eigenvalue weighted by atomic mass is 9.91. The minimum Gasteiger partial charge on any atom is -0.356 e. The van der Waals surface area contributed by atoms with Crippen molar-refractivity contribution in [1.29, 1.82) is 0 Å². The molecule has 0 radical (unpaired) electrons. The van der Waals surface area contributed by atoms with Gasteiger partial charge in [-0.1, -0.05) is 48.0 Å². The standard InChI is InChI=1S/C24H30N2O2/c1-19-7-10-22(11-8-19)24(28)26-17-14-21(15-18-26)9-12-23(27)25-16-13-20-5-3-2-4-6-20/h2-8,10-11,21H,9,12-18H2,1H3,(H,25,27). The summed E-state index contributed by atoms with van der Waals surface area (Å²) in [6.45, 7) is 4.28. The summed E-state index contributed by atoms with van der Waals surface area (Å²) < 4.78 is 0. The van der Waals surface area contributed by atoms with Crippen LogP contribution in [0.2, 0.25) is 0 Å². The SMILES string of the molecule is Cc1ccc(C(=O)N2CCC(CCC(=O)NCCc3ccccc3)CC2)cc1. The maximum atomic E-state index is 12.6. The van der Waals surface area contributed by atoms with Gasteiger partial charge in [-0.05, 0) is 56.2 Å². The molecule has 1 aliphatic heterocycles. The van der Waals surface area contributed by atoms with Crippen LogP contribution in [-0.2, 0) is 11.2 Å². The molecule has 1 aliphatic rings. The second-order valence-corrected chi connectivity index (χ2v) is 7.73. The van der Waals surface area contributed by atoms with Gasteiger partial charge in [-0.15, -0.1) is 0 Å². The van der Waals surface area contributed by atoms with E-state index in [1.165, 1.54) is 5.56 Å². The number of piperidine rings is 1. The fourth-order valence-electron chi connectivity index (χ4n) is 3.72. The maximum absolute atomic E-state index is 12.6. The fourth-order valence-corrected chi connectivity index (χ4v) is 3.72. The molecule has 0 atom stereocenters. The van der Waals surface area contributed by atoms with Crippen molar-refractivity contribution in [2.24, 2.45) is 5.92 Å². The van der Waals surface area contributed by atoms with Crippen LogP contribution in [0.5, 0.6) is 0 Å². The number of benzene rings is 2. The third-order valence-electron chi connectivity index (χ3n) is 5.56. The Hall–Kier alpha value is -2.62. The zero-order valence-corrected chi connectivity index (χ0v) is 16.7. The molecule has 1 fully saturated rings. The van der Waals surface area contributed by atoms with Gasteiger partial charge in [0.05, 0.1) is 0 Å². The van der Waals surface area contributed by atoms with E-state index in [2.05, 4.69) is 17.4 Å². The molecule has 0 unspecified atom stereocenters. The van der Waals surface area contributed by atoms with Crippen molar-refractivity contribution in [3.63, 3.8) is 0 Å².